The van der Waals surface area contributed by atoms with Crippen LogP contribution in [0.3, 0.4) is 0 Å². The van der Waals surface area contributed by atoms with Crippen LogP contribution in [0.5, 0.6) is 0 Å². The zero-order chi connectivity index (χ0) is 39.4. The van der Waals surface area contributed by atoms with Crippen molar-refractivity contribution in [2.24, 2.45) is 47.3 Å². The van der Waals surface area contributed by atoms with Gasteiger partial charge < -0.3 is 10.2 Å². The number of aromatic nitrogens is 1. The third-order valence-corrected chi connectivity index (χ3v) is 12.4. The van der Waals surface area contributed by atoms with Crippen LogP contribution in [-0.2, 0) is 14.4 Å². The monoisotopic (exact) mass is 745 g/mol. The highest BCUT2D eigenvalue weighted by Crippen LogP contribution is 2.36. The van der Waals surface area contributed by atoms with E-state index in [0.29, 0.717) is 31.0 Å². The summed E-state index contributed by atoms with van der Waals surface area (Å²) in [6.07, 6.45) is 6.34. The summed E-state index contributed by atoms with van der Waals surface area (Å²) in [4.78, 5) is 64.2. The lowest BCUT2D eigenvalue weighted by Gasteiger charge is -2.41. The van der Waals surface area contributed by atoms with Gasteiger partial charge >= 0.3 is 0 Å². The van der Waals surface area contributed by atoms with Crippen LogP contribution in [0, 0.1) is 47.3 Å². The van der Waals surface area contributed by atoms with E-state index in [-0.39, 0.29) is 88.8 Å². The Morgan fingerprint density at radius 3 is 2.08 bits per heavy atom. The molecular weight excluding hydrogens is 669 g/mol. The maximum Gasteiger partial charge on any atom is 0.270 e. The van der Waals surface area contributed by atoms with Gasteiger partial charge in [0.1, 0.15) is 11.5 Å². The van der Waals surface area contributed by atoms with Crippen LogP contribution in [-0.4, -0.2) is 76.4 Å². The Labute approximate surface area is 322 Å². The molecule has 1 N–H and O–H groups in total. The zero-order valence-corrected chi connectivity index (χ0v) is 36.3. The lowest BCUT2D eigenvalue weighted by Crippen LogP contribution is -2.51. The Morgan fingerprint density at radius 2 is 1.56 bits per heavy atom. The number of hydrogen-bond donors (Lipinski definition) is 1. The van der Waals surface area contributed by atoms with Gasteiger partial charge in [-0.3, -0.25) is 24.1 Å². The Hall–Kier alpha value is -2.13. The normalized spacial score (nSPS) is 19.2. The topological polar surface area (TPSA) is 99.7 Å². The van der Waals surface area contributed by atoms with Gasteiger partial charge in [-0.25, -0.2) is 4.98 Å². The second-order valence-electron chi connectivity index (χ2n) is 18.0. The first-order valence-corrected chi connectivity index (χ1v) is 21.5. The van der Waals surface area contributed by atoms with Crippen molar-refractivity contribution in [3.63, 3.8) is 0 Å². The number of rotatable bonds is 22. The molecule has 0 spiro atoms. The second-order valence-corrected chi connectivity index (χ2v) is 18.9. The van der Waals surface area contributed by atoms with Crippen LogP contribution in [0.2, 0.25) is 0 Å². The van der Waals surface area contributed by atoms with Gasteiger partial charge in [0, 0.05) is 54.1 Å². The molecule has 2 amide bonds. The lowest BCUT2D eigenvalue weighted by atomic mass is 9.81. The van der Waals surface area contributed by atoms with Gasteiger partial charge in [0.25, 0.3) is 5.91 Å². The number of Topliss-reactive ketones (excluding diaryl/α,β-unsaturated/α-hetero) is 2. The molecule has 1 aromatic heterocycles. The summed E-state index contributed by atoms with van der Waals surface area (Å²) in [5.74, 6) is 1.06. The van der Waals surface area contributed by atoms with Crippen LogP contribution < -0.4 is 5.32 Å². The molecule has 2 heterocycles. The Morgan fingerprint density at radius 1 is 0.904 bits per heavy atom. The van der Waals surface area contributed by atoms with Crippen molar-refractivity contribution in [3.05, 3.63) is 16.1 Å². The van der Waals surface area contributed by atoms with Crippen molar-refractivity contribution in [2.45, 2.75) is 165 Å². The van der Waals surface area contributed by atoms with E-state index in [4.69, 9.17) is 4.98 Å². The van der Waals surface area contributed by atoms with E-state index in [1.807, 2.05) is 33.2 Å². The molecule has 1 saturated heterocycles. The number of likely N-dealkylation sites (N-methyl/N-ethyl adjacent to an activating group) is 1. The molecule has 1 unspecified atom stereocenters. The van der Waals surface area contributed by atoms with Crippen LogP contribution in [0.4, 0.5) is 0 Å². The lowest BCUT2D eigenvalue weighted by molar-refractivity contribution is -0.145. The molecule has 9 heteroatoms. The fourth-order valence-corrected chi connectivity index (χ4v) is 9.13. The SMILES string of the molecule is CCC(C)[C@H](CC(=O)[C@H]1CCCCN1C)C(=O)N(CC(C)C)[C@H](C[C@H](c1nc(C(=O)N[C@@H](CC(C)C)C[C@H](C)C(=O)C(C)C)cs1)C(C)C)C(C)C. The van der Waals surface area contributed by atoms with E-state index in [1.54, 1.807) is 0 Å². The van der Waals surface area contributed by atoms with Gasteiger partial charge in [-0.15, -0.1) is 11.3 Å². The molecular formula is C43H76N4O4S. The van der Waals surface area contributed by atoms with Crippen molar-refractivity contribution >= 4 is 34.7 Å². The number of amides is 2. The molecule has 1 aliphatic heterocycles. The van der Waals surface area contributed by atoms with Gasteiger partial charge in [-0.1, -0.05) is 103 Å². The third kappa shape index (κ3) is 13.6. The van der Waals surface area contributed by atoms with Gasteiger partial charge in [0.05, 0.1) is 11.0 Å². The number of thiazole rings is 1. The summed E-state index contributed by atoms with van der Waals surface area (Å²) in [6, 6.07) is -0.250. The highest BCUT2D eigenvalue weighted by molar-refractivity contribution is 7.09. The molecule has 1 aliphatic rings. The third-order valence-electron chi connectivity index (χ3n) is 11.4. The fraction of sp³-hybridized carbons (Fsp3) is 0.837. The summed E-state index contributed by atoms with van der Waals surface area (Å²) in [7, 11) is 2.04. The number of nitrogens with zero attached hydrogens (tertiary/aromatic N) is 3. The molecule has 0 bridgehead atoms. The molecule has 298 valence electrons. The Bertz CT molecular complexity index is 1270. The van der Waals surface area contributed by atoms with Crippen LogP contribution in [0.25, 0.3) is 0 Å². The minimum Gasteiger partial charge on any atom is -0.348 e. The molecule has 52 heavy (non-hydrogen) atoms. The van der Waals surface area contributed by atoms with E-state index in [9.17, 15) is 19.2 Å². The average molecular weight is 745 g/mol. The first kappa shape index (κ1) is 46.0. The number of ketones is 2. The van der Waals surface area contributed by atoms with E-state index in [0.717, 1.165) is 50.1 Å². The largest absolute Gasteiger partial charge is 0.348 e. The van der Waals surface area contributed by atoms with E-state index >= 15 is 0 Å². The van der Waals surface area contributed by atoms with Gasteiger partial charge in [-0.2, -0.15) is 0 Å². The number of carbonyl (C=O) groups excluding carboxylic acids is 4. The number of piperidine rings is 1. The van der Waals surface area contributed by atoms with Crippen molar-refractivity contribution in [1.82, 2.24) is 20.1 Å². The summed E-state index contributed by atoms with van der Waals surface area (Å²) in [5.41, 5.74) is 0.418. The summed E-state index contributed by atoms with van der Waals surface area (Å²) in [5, 5.41) is 6.01. The maximum absolute atomic E-state index is 14.8. The molecule has 0 radical (unpaired) electrons. The van der Waals surface area contributed by atoms with E-state index < -0.39 is 0 Å². The smallest absolute Gasteiger partial charge is 0.270 e. The average Bonchev–Trinajstić information content (AvgIpc) is 3.55. The number of hydrogen-bond acceptors (Lipinski definition) is 7. The van der Waals surface area contributed by atoms with Gasteiger partial charge in [0.2, 0.25) is 5.91 Å². The molecule has 2 rings (SSSR count). The minimum atomic E-state index is -0.349. The molecule has 8 nitrogen and oxygen atoms in total. The first-order chi connectivity index (χ1) is 24.3. The highest BCUT2D eigenvalue weighted by Gasteiger charge is 2.39. The fourth-order valence-electron chi connectivity index (χ4n) is 8.04. The molecule has 7 atom stereocenters. The molecule has 0 aromatic carbocycles. The highest BCUT2D eigenvalue weighted by atomic mass is 32.1. The standard InChI is InChI=1S/C43H76N4O4S/c1-15-31(12)35(23-39(48)37-18-16-17-19-46(37)14)43(51)47(24-27(4)5)38(29(8)9)22-34(28(6)7)42-45-36(25-52-42)41(50)44-33(20-26(2)3)21-32(13)40(49)30(10)11/h25-35,37-38H,15-24H2,1-14H3,(H,44,50)/t31?,32-,33-,34-,35-,37+,38+/m0/s1. The number of nitrogens with one attached hydrogen (secondary N) is 1. The molecule has 1 aromatic rings. The van der Waals surface area contributed by atoms with Gasteiger partial charge in [-0.05, 0) is 75.3 Å². The Balaban J connectivity index is 2.38. The number of carbonyl (C=O) groups is 4. The number of likely N-dealkylation sites (tertiary alicyclic amines) is 1. The second kappa shape index (κ2) is 21.7. The van der Waals surface area contributed by atoms with Crippen LogP contribution >= 0.6 is 11.3 Å². The van der Waals surface area contributed by atoms with Crippen molar-refractivity contribution in [2.75, 3.05) is 20.1 Å². The maximum atomic E-state index is 14.8. The first-order valence-electron chi connectivity index (χ1n) is 20.6. The summed E-state index contributed by atoms with van der Waals surface area (Å²) in [6.45, 7) is 29.0. The predicted molar refractivity (Wildman–Crippen MR) is 217 cm³/mol. The molecule has 0 aliphatic carbocycles. The van der Waals surface area contributed by atoms with E-state index in [2.05, 4.69) is 84.4 Å². The molecule has 1 fully saturated rings. The quantitative estimate of drug-likeness (QED) is 0.127. The van der Waals surface area contributed by atoms with E-state index in [1.165, 1.54) is 11.3 Å². The van der Waals surface area contributed by atoms with Crippen LogP contribution in [0.15, 0.2) is 5.38 Å². The minimum absolute atomic E-state index is 0.0344. The Kier molecular flexibility index (Phi) is 19.2. The molecule has 0 saturated carbocycles. The predicted octanol–water partition coefficient (Wildman–Crippen LogP) is 9.28. The van der Waals surface area contributed by atoms with Gasteiger partial charge in [0.15, 0.2) is 5.78 Å². The van der Waals surface area contributed by atoms with Crippen molar-refractivity contribution in [1.29, 1.82) is 0 Å². The summed E-state index contributed by atoms with van der Waals surface area (Å²) >= 11 is 1.53. The van der Waals surface area contributed by atoms with Crippen LogP contribution in [0.1, 0.15) is 163 Å². The summed E-state index contributed by atoms with van der Waals surface area (Å²) < 4.78 is 0. The zero-order valence-electron chi connectivity index (χ0n) is 35.5. The van der Waals surface area contributed by atoms with Crippen molar-refractivity contribution in [3.8, 4) is 0 Å². The van der Waals surface area contributed by atoms with Crippen molar-refractivity contribution < 1.29 is 19.2 Å².